The molecule has 0 unspecified atom stereocenters. The van der Waals surface area contributed by atoms with Crippen LogP contribution in [0.3, 0.4) is 0 Å². The molecule has 0 bridgehead atoms. The second kappa shape index (κ2) is 8.11. The molecule has 3 N–H and O–H groups in total. The van der Waals surface area contributed by atoms with Crippen molar-refractivity contribution in [3.05, 3.63) is 34.4 Å². The Kier molecular flexibility index (Phi) is 6.45. The maximum absolute atomic E-state index is 11.6. The van der Waals surface area contributed by atoms with Gasteiger partial charge in [0.1, 0.15) is 5.69 Å². The van der Waals surface area contributed by atoms with E-state index >= 15 is 0 Å². The van der Waals surface area contributed by atoms with Gasteiger partial charge in [-0.2, -0.15) is 0 Å². The molecule has 1 aromatic carbocycles. The first-order valence-corrected chi connectivity index (χ1v) is 6.52. The maximum atomic E-state index is 11.6. The summed E-state index contributed by atoms with van der Waals surface area (Å²) in [7, 11) is 0. The molecule has 0 aliphatic rings. The fraction of sp³-hybridized carbons (Fsp3) is 0.462. The van der Waals surface area contributed by atoms with Gasteiger partial charge < -0.3 is 16.0 Å². The SMILES string of the molecule is CCN[C@H](C)CNC(=O)CNc1ccccc1[N+](=O)[O-]. The molecule has 0 radical (unpaired) electrons. The van der Waals surface area contributed by atoms with E-state index in [-0.39, 0.29) is 24.2 Å². The zero-order valence-electron chi connectivity index (χ0n) is 11.7. The molecule has 0 saturated carbocycles. The topological polar surface area (TPSA) is 96.3 Å². The minimum absolute atomic E-state index is 0.00367. The summed E-state index contributed by atoms with van der Waals surface area (Å²) in [6.07, 6.45) is 0. The molecule has 7 heteroatoms. The third-order valence-electron chi connectivity index (χ3n) is 2.70. The average molecular weight is 280 g/mol. The zero-order chi connectivity index (χ0) is 15.0. The lowest BCUT2D eigenvalue weighted by atomic mass is 10.2. The number of nitro groups is 1. The summed E-state index contributed by atoms with van der Waals surface area (Å²) in [5, 5.41) is 19.5. The van der Waals surface area contributed by atoms with E-state index in [4.69, 9.17) is 0 Å². The molecule has 0 aliphatic carbocycles. The number of nitrogens with zero attached hydrogens (tertiary/aromatic N) is 1. The molecule has 0 saturated heterocycles. The van der Waals surface area contributed by atoms with Crippen LogP contribution in [0, 0.1) is 10.1 Å². The number of rotatable bonds is 8. The van der Waals surface area contributed by atoms with Crippen LogP contribution in [0.2, 0.25) is 0 Å². The average Bonchev–Trinajstić information content (AvgIpc) is 2.43. The first-order chi connectivity index (χ1) is 9.54. The first-order valence-electron chi connectivity index (χ1n) is 6.52. The number of amides is 1. The van der Waals surface area contributed by atoms with Crippen LogP contribution in [0.4, 0.5) is 11.4 Å². The standard InChI is InChI=1S/C13H20N4O3/c1-3-14-10(2)8-16-13(18)9-15-11-6-4-5-7-12(11)17(19)20/h4-7,10,14-15H,3,8-9H2,1-2H3,(H,16,18)/t10-/m1/s1. The summed E-state index contributed by atoms with van der Waals surface area (Å²) in [6, 6.07) is 6.43. The first kappa shape index (κ1) is 15.9. The van der Waals surface area contributed by atoms with Crippen LogP contribution in [0.1, 0.15) is 13.8 Å². The van der Waals surface area contributed by atoms with Crippen molar-refractivity contribution in [3.8, 4) is 0 Å². The van der Waals surface area contributed by atoms with Gasteiger partial charge >= 0.3 is 0 Å². The number of anilines is 1. The van der Waals surface area contributed by atoms with Gasteiger partial charge in [-0.1, -0.05) is 19.1 Å². The fourth-order valence-corrected chi connectivity index (χ4v) is 1.71. The van der Waals surface area contributed by atoms with E-state index < -0.39 is 4.92 Å². The van der Waals surface area contributed by atoms with Crippen LogP contribution in [0.5, 0.6) is 0 Å². The van der Waals surface area contributed by atoms with Gasteiger partial charge in [0.15, 0.2) is 0 Å². The van der Waals surface area contributed by atoms with Crippen LogP contribution in [0.25, 0.3) is 0 Å². The highest BCUT2D eigenvalue weighted by atomic mass is 16.6. The van der Waals surface area contributed by atoms with E-state index in [0.717, 1.165) is 6.54 Å². The number of carbonyl (C=O) groups excluding carboxylic acids is 1. The van der Waals surface area contributed by atoms with Gasteiger partial charge in [-0.05, 0) is 19.5 Å². The van der Waals surface area contributed by atoms with Crippen molar-refractivity contribution in [2.24, 2.45) is 0 Å². The van der Waals surface area contributed by atoms with E-state index in [9.17, 15) is 14.9 Å². The second-order valence-electron chi connectivity index (χ2n) is 4.39. The highest BCUT2D eigenvalue weighted by Crippen LogP contribution is 2.22. The molecule has 20 heavy (non-hydrogen) atoms. The Morgan fingerprint density at radius 1 is 1.40 bits per heavy atom. The van der Waals surface area contributed by atoms with Crippen molar-refractivity contribution in [1.82, 2.24) is 10.6 Å². The number of carbonyl (C=O) groups is 1. The molecule has 1 rings (SSSR count). The van der Waals surface area contributed by atoms with E-state index in [1.54, 1.807) is 18.2 Å². The van der Waals surface area contributed by atoms with Gasteiger partial charge in [0.25, 0.3) is 5.69 Å². The number of benzene rings is 1. The number of hydrogen-bond acceptors (Lipinski definition) is 5. The lowest BCUT2D eigenvalue weighted by Crippen LogP contribution is -2.40. The molecule has 1 atom stereocenters. The molecule has 0 aliphatic heterocycles. The van der Waals surface area contributed by atoms with Crippen molar-refractivity contribution in [1.29, 1.82) is 0 Å². The minimum Gasteiger partial charge on any atom is -0.371 e. The Bertz CT molecular complexity index is 465. The monoisotopic (exact) mass is 280 g/mol. The Balaban J connectivity index is 2.43. The highest BCUT2D eigenvalue weighted by molar-refractivity contribution is 5.81. The zero-order valence-corrected chi connectivity index (χ0v) is 11.7. The predicted molar refractivity (Wildman–Crippen MR) is 77.7 cm³/mol. The van der Waals surface area contributed by atoms with Crippen LogP contribution in [-0.4, -0.2) is 36.5 Å². The number of likely N-dealkylation sites (N-methyl/N-ethyl adjacent to an activating group) is 1. The van der Waals surface area contributed by atoms with E-state index in [1.165, 1.54) is 6.07 Å². The quantitative estimate of drug-likeness (QED) is 0.490. The maximum Gasteiger partial charge on any atom is 0.292 e. The molecular weight excluding hydrogens is 260 g/mol. The largest absolute Gasteiger partial charge is 0.371 e. The van der Waals surface area contributed by atoms with E-state index in [2.05, 4.69) is 16.0 Å². The summed E-state index contributed by atoms with van der Waals surface area (Å²) in [5.41, 5.74) is 0.300. The highest BCUT2D eigenvalue weighted by Gasteiger charge is 2.13. The lowest BCUT2D eigenvalue weighted by molar-refractivity contribution is -0.383. The van der Waals surface area contributed by atoms with Crippen LogP contribution in [0.15, 0.2) is 24.3 Å². The lowest BCUT2D eigenvalue weighted by Gasteiger charge is -2.13. The number of nitro benzene ring substituents is 1. The van der Waals surface area contributed by atoms with Crippen molar-refractivity contribution < 1.29 is 9.72 Å². The summed E-state index contributed by atoms with van der Waals surface area (Å²) in [4.78, 5) is 22.0. The summed E-state index contributed by atoms with van der Waals surface area (Å²) in [5.74, 6) is -0.201. The molecule has 7 nitrogen and oxygen atoms in total. The van der Waals surface area contributed by atoms with Crippen molar-refractivity contribution >= 4 is 17.3 Å². The van der Waals surface area contributed by atoms with Gasteiger partial charge in [0.05, 0.1) is 11.5 Å². The third kappa shape index (κ3) is 5.23. The summed E-state index contributed by atoms with van der Waals surface area (Å²) in [6.45, 7) is 5.33. The Labute approximate surface area is 117 Å². The van der Waals surface area contributed by atoms with Gasteiger partial charge in [-0.3, -0.25) is 14.9 Å². The predicted octanol–water partition coefficient (Wildman–Crippen LogP) is 1.12. The van der Waals surface area contributed by atoms with Gasteiger partial charge in [0, 0.05) is 18.7 Å². The van der Waals surface area contributed by atoms with Crippen molar-refractivity contribution in [2.75, 3.05) is 25.0 Å². The van der Waals surface area contributed by atoms with Crippen LogP contribution in [-0.2, 0) is 4.79 Å². The van der Waals surface area contributed by atoms with Gasteiger partial charge in [-0.15, -0.1) is 0 Å². The second-order valence-corrected chi connectivity index (χ2v) is 4.39. The van der Waals surface area contributed by atoms with E-state index in [0.29, 0.717) is 12.2 Å². The molecule has 0 fully saturated rings. The molecular formula is C13H20N4O3. The molecule has 0 heterocycles. The fourth-order valence-electron chi connectivity index (χ4n) is 1.71. The molecule has 0 aromatic heterocycles. The summed E-state index contributed by atoms with van der Waals surface area (Å²) >= 11 is 0. The Hall–Kier alpha value is -2.15. The minimum atomic E-state index is -0.479. The molecule has 0 spiro atoms. The normalized spacial score (nSPS) is 11.7. The molecule has 1 amide bonds. The van der Waals surface area contributed by atoms with Crippen LogP contribution < -0.4 is 16.0 Å². The Morgan fingerprint density at radius 2 is 2.10 bits per heavy atom. The Morgan fingerprint density at radius 3 is 2.75 bits per heavy atom. The molecule has 110 valence electrons. The van der Waals surface area contributed by atoms with Gasteiger partial charge in [0.2, 0.25) is 5.91 Å². The van der Waals surface area contributed by atoms with E-state index in [1.807, 2.05) is 13.8 Å². The van der Waals surface area contributed by atoms with Crippen molar-refractivity contribution in [3.63, 3.8) is 0 Å². The third-order valence-corrected chi connectivity index (χ3v) is 2.70. The van der Waals surface area contributed by atoms with Gasteiger partial charge in [-0.25, -0.2) is 0 Å². The number of nitrogens with one attached hydrogen (secondary N) is 3. The number of para-hydroxylation sites is 2. The van der Waals surface area contributed by atoms with Crippen molar-refractivity contribution in [2.45, 2.75) is 19.9 Å². The molecule has 1 aromatic rings. The number of hydrogen-bond donors (Lipinski definition) is 3. The summed E-state index contributed by atoms with van der Waals surface area (Å²) < 4.78 is 0. The smallest absolute Gasteiger partial charge is 0.292 e. The van der Waals surface area contributed by atoms with Crippen LogP contribution >= 0.6 is 0 Å².